The smallest absolute Gasteiger partial charge is 0.247 e. The molecular formula is C18H23FN6. The third kappa shape index (κ3) is 3.81. The minimum atomic E-state index is -0.201. The number of piperazine rings is 1. The van der Waals surface area contributed by atoms with Crippen LogP contribution in [0.15, 0.2) is 30.5 Å². The molecule has 0 atom stereocenters. The third-order valence-electron chi connectivity index (χ3n) is 5.01. The summed E-state index contributed by atoms with van der Waals surface area (Å²) in [6.07, 6.45) is 6.69. The van der Waals surface area contributed by atoms with Crippen LogP contribution in [0.4, 0.5) is 21.8 Å². The lowest BCUT2D eigenvalue weighted by molar-refractivity contribution is 0.621. The number of halogens is 1. The Bertz CT molecular complexity index is 693. The van der Waals surface area contributed by atoms with Gasteiger partial charge in [0.1, 0.15) is 5.82 Å². The fourth-order valence-electron chi connectivity index (χ4n) is 3.59. The Hall–Kier alpha value is -2.44. The molecule has 0 amide bonds. The van der Waals surface area contributed by atoms with E-state index in [4.69, 9.17) is 0 Å². The summed E-state index contributed by atoms with van der Waals surface area (Å²) in [6.45, 7) is 3.36. The van der Waals surface area contributed by atoms with Gasteiger partial charge in [-0.2, -0.15) is 10.1 Å². The van der Waals surface area contributed by atoms with Crippen molar-refractivity contribution in [2.45, 2.75) is 31.7 Å². The van der Waals surface area contributed by atoms with Crippen molar-refractivity contribution in [2.24, 2.45) is 0 Å². The Kier molecular flexibility index (Phi) is 4.63. The molecule has 7 heteroatoms. The molecule has 2 aliphatic rings. The van der Waals surface area contributed by atoms with E-state index in [2.05, 4.69) is 30.3 Å². The van der Waals surface area contributed by atoms with Gasteiger partial charge < -0.3 is 15.1 Å². The summed E-state index contributed by atoms with van der Waals surface area (Å²) in [6, 6.07) is 7.18. The van der Waals surface area contributed by atoms with Crippen LogP contribution in [0.25, 0.3) is 0 Å². The first-order valence-corrected chi connectivity index (χ1v) is 9.00. The number of rotatable bonds is 4. The molecule has 1 aromatic carbocycles. The maximum Gasteiger partial charge on any atom is 0.247 e. The summed E-state index contributed by atoms with van der Waals surface area (Å²) < 4.78 is 13.1. The Morgan fingerprint density at radius 3 is 2.36 bits per heavy atom. The second kappa shape index (κ2) is 7.21. The first kappa shape index (κ1) is 16.1. The lowest BCUT2D eigenvalue weighted by atomic mass is 10.2. The Morgan fingerprint density at radius 2 is 1.64 bits per heavy atom. The van der Waals surface area contributed by atoms with Crippen LogP contribution >= 0.6 is 0 Å². The van der Waals surface area contributed by atoms with Crippen LogP contribution in [0.3, 0.4) is 0 Å². The van der Waals surface area contributed by atoms with Gasteiger partial charge in [-0.05, 0) is 37.1 Å². The Morgan fingerprint density at radius 1 is 0.960 bits per heavy atom. The van der Waals surface area contributed by atoms with Gasteiger partial charge in [0.15, 0.2) is 5.82 Å². The van der Waals surface area contributed by atoms with Gasteiger partial charge in [0.05, 0.1) is 6.20 Å². The molecule has 0 bridgehead atoms. The minimum absolute atomic E-state index is 0.201. The zero-order valence-electron chi connectivity index (χ0n) is 14.2. The molecule has 1 saturated heterocycles. The van der Waals surface area contributed by atoms with Crippen molar-refractivity contribution in [3.63, 3.8) is 0 Å². The van der Waals surface area contributed by atoms with Crippen LogP contribution in [0.5, 0.6) is 0 Å². The van der Waals surface area contributed by atoms with E-state index in [1.54, 1.807) is 6.20 Å². The van der Waals surface area contributed by atoms with Gasteiger partial charge in [-0.15, -0.1) is 5.10 Å². The predicted molar refractivity (Wildman–Crippen MR) is 96.5 cm³/mol. The number of nitrogens with zero attached hydrogens (tertiary/aromatic N) is 5. The zero-order valence-corrected chi connectivity index (χ0v) is 14.2. The zero-order chi connectivity index (χ0) is 17.1. The van der Waals surface area contributed by atoms with Crippen molar-refractivity contribution < 1.29 is 4.39 Å². The van der Waals surface area contributed by atoms with E-state index >= 15 is 0 Å². The second-order valence-corrected chi connectivity index (χ2v) is 6.72. The molecule has 6 nitrogen and oxygen atoms in total. The van der Waals surface area contributed by atoms with E-state index in [9.17, 15) is 4.39 Å². The topological polar surface area (TPSA) is 57.2 Å². The predicted octanol–water partition coefficient (Wildman–Crippen LogP) is 2.69. The van der Waals surface area contributed by atoms with Gasteiger partial charge >= 0.3 is 0 Å². The number of anilines is 3. The average Bonchev–Trinajstić information content (AvgIpc) is 3.16. The Labute approximate surface area is 147 Å². The average molecular weight is 342 g/mol. The van der Waals surface area contributed by atoms with Crippen LogP contribution in [0, 0.1) is 5.82 Å². The van der Waals surface area contributed by atoms with E-state index in [1.165, 1.54) is 37.8 Å². The minimum Gasteiger partial charge on any atom is -0.368 e. The number of hydrogen-bond acceptors (Lipinski definition) is 6. The maximum atomic E-state index is 13.1. The van der Waals surface area contributed by atoms with E-state index in [0.29, 0.717) is 12.0 Å². The van der Waals surface area contributed by atoms with Crippen molar-refractivity contribution in [3.8, 4) is 0 Å². The molecule has 4 rings (SSSR count). The number of benzene rings is 1. The lowest BCUT2D eigenvalue weighted by Gasteiger charge is -2.36. The largest absolute Gasteiger partial charge is 0.368 e. The van der Waals surface area contributed by atoms with Gasteiger partial charge in [-0.25, -0.2) is 4.39 Å². The highest BCUT2D eigenvalue weighted by Crippen LogP contribution is 2.22. The van der Waals surface area contributed by atoms with Crippen molar-refractivity contribution in [2.75, 3.05) is 41.3 Å². The fourth-order valence-corrected chi connectivity index (χ4v) is 3.59. The monoisotopic (exact) mass is 342 g/mol. The Balaban J connectivity index is 1.37. The molecule has 1 aliphatic carbocycles. The molecule has 1 saturated carbocycles. The van der Waals surface area contributed by atoms with E-state index in [-0.39, 0.29) is 5.82 Å². The summed E-state index contributed by atoms with van der Waals surface area (Å²) in [5, 5.41) is 11.8. The molecule has 2 heterocycles. The summed E-state index contributed by atoms with van der Waals surface area (Å²) in [5.74, 6) is 1.30. The second-order valence-electron chi connectivity index (χ2n) is 6.72. The molecule has 132 valence electrons. The maximum absolute atomic E-state index is 13.1. The molecule has 1 aliphatic heterocycles. The first-order valence-electron chi connectivity index (χ1n) is 9.00. The summed E-state index contributed by atoms with van der Waals surface area (Å²) in [7, 11) is 0. The number of aromatic nitrogens is 3. The SMILES string of the molecule is Fc1ccc(N2CCN(c3nncc(NC4CCCC4)n3)CC2)cc1. The molecule has 2 aromatic rings. The molecule has 0 spiro atoms. The van der Waals surface area contributed by atoms with Crippen LogP contribution < -0.4 is 15.1 Å². The van der Waals surface area contributed by atoms with Crippen LogP contribution in [-0.4, -0.2) is 47.4 Å². The van der Waals surface area contributed by atoms with Gasteiger partial charge in [-0.3, -0.25) is 0 Å². The normalized spacial score (nSPS) is 18.6. The van der Waals surface area contributed by atoms with Gasteiger partial charge in [-0.1, -0.05) is 12.8 Å². The first-order chi connectivity index (χ1) is 12.3. The molecule has 25 heavy (non-hydrogen) atoms. The fraction of sp³-hybridized carbons (Fsp3) is 0.500. The standard InChI is InChI=1S/C18H23FN6/c19-14-5-7-16(8-6-14)24-9-11-25(12-10-24)18-22-17(13-20-23-18)21-15-3-1-2-4-15/h5-8,13,15H,1-4,9-12H2,(H,21,22,23). The van der Waals surface area contributed by atoms with Gasteiger partial charge in [0, 0.05) is 37.9 Å². The summed E-state index contributed by atoms with van der Waals surface area (Å²) in [5.41, 5.74) is 1.05. The van der Waals surface area contributed by atoms with E-state index in [0.717, 1.165) is 37.7 Å². The third-order valence-corrected chi connectivity index (χ3v) is 5.01. The quantitative estimate of drug-likeness (QED) is 0.922. The molecule has 0 radical (unpaired) electrons. The van der Waals surface area contributed by atoms with E-state index in [1.807, 2.05) is 12.1 Å². The van der Waals surface area contributed by atoms with Gasteiger partial charge in [0.25, 0.3) is 0 Å². The van der Waals surface area contributed by atoms with Crippen molar-refractivity contribution in [1.82, 2.24) is 15.2 Å². The lowest BCUT2D eigenvalue weighted by Crippen LogP contribution is -2.47. The van der Waals surface area contributed by atoms with Gasteiger partial charge in [0.2, 0.25) is 5.95 Å². The highest BCUT2D eigenvalue weighted by molar-refractivity contribution is 5.49. The highest BCUT2D eigenvalue weighted by Gasteiger charge is 2.21. The van der Waals surface area contributed by atoms with Crippen molar-refractivity contribution in [3.05, 3.63) is 36.3 Å². The molecule has 0 unspecified atom stereocenters. The van der Waals surface area contributed by atoms with Crippen molar-refractivity contribution in [1.29, 1.82) is 0 Å². The molecular weight excluding hydrogens is 319 g/mol. The summed E-state index contributed by atoms with van der Waals surface area (Å²) >= 11 is 0. The molecule has 1 N–H and O–H groups in total. The van der Waals surface area contributed by atoms with Crippen LogP contribution in [-0.2, 0) is 0 Å². The molecule has 2 fully saturated rings. The van der Waals surface area contributed by atoms with Crippen LogP contribution in [0.2, 0.25) is 0 Å². The van der Waals surface area contributed by atoms with Crippen LogP contribution in [0.1, 0.15) is 25.7 Å². The number of hydrogen-bond donors (Lipinski definition) is 1. The van der Waals surface area contributed by atoms with Crippen molar-refractivity contribution >= 4 is 17.5 Å². The number of nitrogens with one attached hydrogen (secondary N) is 1. The molecule has 1 aromatic heterocycles. The van der Waals surface area contributed by atoms with E-state index < -0.39 is 0 Å². The summed E-state index contributed by atoms with van der Waals surface area (Å²) in [4.78, 5) is 9.06. The highest BCUT2D eigenvalue weighted by atomic mass is 19.1.